The van der Waals surface area contributed by atoms with E-state index in [9.17, 15) is 9.00 Å². The Morgan fingerprint density at radius 1 is 0.897 bits per heavy atom. The molecule has 8 heteroatoms. The molecule has 3 heterocycles. The molecule has 0 aliphatic carbocycles. The van der Waals surface area contributed by atoms with Gasteiger partial charge in [0.1, 0.15) is 5.82 Å². The van der Waals surface area contributed by atoms with E-state index in [1.807, 2.05) is 30.3 Å². The van der Waals surface area contributed by atoms with E-state index in [4.69, 9.17) is 9.97 Å². The summed E-state index contributed by atoms with van der Waals surface area (Å²) in [4.78, 5) is 29.2. The molecule has 39 heavy (non-hydrogen) atoms. The topological polar surface area (TPSA) is 69.6 Å². The first-order valence-corrected chi connectivity index (χ1v) is 15.0. The molecule has 3 aromatic carbocycles. The summed E-state index contributed by atoms with van der Waals surface area (Å²) in [5.41, 5.74) is 5.32. The van der Waals surface area contributed by atoms with Gasteiger partial charge in [0.25, 0.3) is 0 Å². The van der Waals surface area contributed by atoms with Crippen LogP contribution in [0.1, 0.15) is 27.2 Å². The number of hydrogen-bond acceptors (Lipinski definition) is 7. The minimum Gasteiger partial charge on any atom is -0.365 e. The highest BCUT2D eigenvalue weighted by Gasteiger charge is 2.29. The zero-order chi connectivity index (χ0) is 26.9. The van der Waals surface area contributed by atoms with Crippen molar-refractivity contribution in [2.24, 2.45) is 0 Å². The fourth-order valence-corrected chi connectivity index (χ4v) is 6.17. The third kappa shape index (κ3) is 5.31. The molecule has 7 nitrogen and oxygen atoms in total. The first kappa shape index (κ1) is 25.6. The fraction of sp³-hybridized carbons (Fsp3) is 0.323. The number of aromatic nitrogens is 2. The summed E-state index contributed by atoms with van der Waals surface area (Å²) < 4.78 is 12.6. The molecule has 0 amide bonds. The Kier molecular flexibility index (Phi) is 7.14. The van der Waals surface area contributed by atoms with Gasteiger partial charge in [0.05, 0.1) is 29.6 Å². The Hall–Kier alpha value is -3.62. The van der Waals surface area contributed by atoms with Gasteiger partial charge < -0.3 is 9.80 Å². The molecule has 1 unspecified atom stereocenters. The number of nitrogens with zero attached hydrogens (tertiary/aromatic N) is 5. The van der Waals surface area contributed by atoms with E-state index in [1.165, 1.54) is 22.0 Å². The number of Topliss-reactive ketones (excluding diaryl/α,β-unsaturated/α-hetero) is 1. The molecule has 1 saturated heterocycles. The predicted molar refractivity (Wildman–Crippen MR) is 157 cm³/mol. The van der Waals surface area contributed by atoms with Crippen molar-refractivity contribution < 1.29 is 9.00 Å². The van der Waals surface area contributed by atoms with Crippen LogP contribution in [0.5, 0.6) is 0 Å². The van der Waals surface area contributed by atoms with Crippen molar-refractivity contribution in [1.82, 2.24) is 14.9 Å². The summed E-state index contributed by atoms with van der Waals surface area (Å²) in [6.07, 6.45) is 2.48. The van der Waals surface area contributed by atoms with Gasteiger partial charge in [-0.1, -0.05) is 60.7 Å². The zero-order valence-electron chi connectivity index (χ0n) is 22.5. The van der Waals surface area contributed by atoms with E-state index in [1.54, 1.807) is 6.26 Å². The smallest absolute Gasteiger partial charge is 0.220 e. The molecule has 200 valence electrons. The van der Waals surface area contributed by atoms with Gasteiger partial charge in [0.15, 0.2) is 5.78 Å². The van der Waals surface area contributed by atoms with Gasteiger partial charge in [-0.25, -0.2) is 9.97 Å². The molecule has 6 rings (SSSR count). The van der Waals surface area contributed by atoms with Crippen LogP contribution in [0, 0.1) is 6.92 Å². The average molecular weight is 540 g/mol. The summed E-state index contributed by atoms with van der Waals surface area (Å²) in [5.74, 6) is 1.06. The largest absolute Gasteiger partial charge is 0.365 e. The minimum absolute atomic E-state index is 0.149. The Labute approximate surface area is 231 Å². The van der Waals surface area contributed by atoms with Gasteiger partial charge in [0.2, 0.25) is 5.16 Å². The van der Waals surface area contributed by atoms with E-state index >= 15 is 0 Å². The first-order chi connectivity index (χ1) is 19.0. The highest BCUT2D eigenvalue weighted by molar-refractivity contribution is 7.84. The zero-order valence-corrected chi connectivity index (χ0v) is 23.3. The van der Waals surface area contributed by atoms with Crippen LogP contribution in [0.25, 0.3) is 10.8 Å². The maximum absolute atomic E-state index is 12.7. The highest BCUT2D eigenvalue weighted by atomic mass is 32.2. The molecular weight excluding hydrogens is 506 g/mol. The SMILES string of the molecule is Cc1cc(N2CCc3c(nc(S(C)=O)nc3N3CCN(CC(=O)c4ccccc4)CC3)C2)c2ccccc2c1. The summed E-state index contributed by atoms with van der Waals surface area (Å²) in [6, 6.07) is 22.5. The van der Waals surface area contributed by atoms with Crippen LogP contribution in [-0.2, 0) is 23.8 Å². The van der Waals surface area contributed by atoms with Crippen molar-refractivity contribution in [3.05, 3.63) is 89.1 Å². The normalized spacial score (nSPS) is 16.8. The van der Waals surface area contributed by atoms with Crippen LogP contribution in [0.2, 0.25) is 0 Å². The standard InChI is InChI=1S/C31H33N5O2S/c1-22-18-24-10-6-7-11-25(24)28(19-22)36-13-12-26-27(20-36)32-31(39(2)38)33-30(26)35-16-14-34(15-17-35)21-29(37)23-8-4-3-5-9-23/h3-11,18-19H,12-17,20-21H2,1-2H3. The number of piperazine rings is 1. The van der Waals surface area contributed by atoms with Crippen molar-refractivity contribution >= 4 is 38.9 Å². The van der Waals surface area contributed by atoms with Crippen molar-refractivity contribution in [2.75, 3.05) is 55.3 Å². The number of hydrogen-bond donors (Lipinski definition) is 0. The summed E-state index contributed by atoms with van der Waals surface area (Å²) in [5, 5.41) is 2.86. The molecule has 0 saturated carbocycles. The number of ketones is 1. The second-order valence-electron chi connectivity index (χ2n) is 10.4. The molecular formula is C31H33N5O2S. The lowest BCUT2D eigenvalue weighted by atomic mass is 10.0. The average Bonchev–Trinajstić information content (AvgIpc) is 2.96. The van der Waals surface area contributed by atoms with E-state index < -0.39 is 10.8 Å². The lowest BCUT2D eigenvalue weighted by Gasteiger charge is -2.38. The molecule has 2 aliphatic heterocycles. The van der Waals surface area contributed by atoms with Crippen molar-refractivity contribution in [3.63, 3.8) is 0 Å². The molecule has 4 aromatic rings. The predicted octanol–water partition coefficient (Wildman–Crippen LogP) is 4.24. The molecule has 0 bridgehead atoms. The van der Waals surface area contributed by atoms with Crippen molar-refractivity contribution in [2.45, 2.75) is 25.0 Å². The number of carbonyl (C=O) groups is 1. The lowest BCUT2D eigenvalue weighted by molar-refractivity contribution is 0.0926. The number of rotatable bonds is 6. The number of anilines is 2. The van der Waals surface area contributed by atoms with Crippen molar-refractivity contribution in [1.29, 1.82) is 0 Å². The summed E-state index contributed by atoms with van der Waals surface area (Å²) in [6.45, 7) is 7.20. The Morgan fingerprint density at radius 3 is 2.41 bits per heavy atom. The minimum atomic E-state index is -1.28. The Morgan fingerprint density at radius 2 is 1.64 bits per heavy atom. The van der Waals surface area contributed by atoms with Gasteiger partial charge >= 0.3 is 0 Å². The summed E-state index contributed by atoms with van der Waals surface area (Å²) in [7, 11) is -1.28. The molecule has 0 spiro atoms. The summed E-state index contributed by atoms with van der Waals surface area (Å²) >= 11 is 0. The van der Waals surface area contributed by atoms with Gasteiger partial charge in [-0.15, -0.1) is 0 Å². The van der Waals surface area contributed by atoms with Crippen LogP contribution in [-0.4, -0.2) is 70.4 Å². The van der Waals surface area contributed by atoms with Crippen LogP contribution < -0.4 is 9.80 Å². The maximum atomic E-state index is 12.7. The number of fused-ring (bicyclic) bond motifs is 2. The fourth-order valence-electron chi connectivity index (χ4n) is 5.72. The maximum Gasteiger partial charge on any atom is 0.220 e. The van der Waals surface area contributed by atoms with Gasteiger partial charge in [-0.05, 0) is 30.4 Å². The first-order valence-electron chi connectivity index (χ1n) is 13.5. The Balaban J connectivity index is 1.23. The molecule has 1 atom stereocenters. The second kappa shape index (κ2) is 10.9. The quantitative estimate of drug-likeness (QED) is 0.268. The third-order valence-electron chi connectivity index (χ3n) is 7.74. The third-order valence-corrected chi connectivity index (χ3v) is 8.44. The van der Waals surface area contributed by atoms with E-state index in [0.29, 0.717) is 18.2 Å². The van der Waals surface area contributed by atoms with E-state index in [-0.39, 0.29) is 5.78 Å². The monoisotopic (exact) mass is 539 g/mol. The molecule has 0 N–H and O–H groups in total. The van der Waals surface area contributed by atoms with Crippen LogP contribution in [0.3, 0.4) is 0 Å². The van der Waals surface area contributed by atoms with Crippen LogP contribution in [0.15, 0.2) is 71.9 Å². The van der Waals surface area contributed by atoms with Gasteiger partial charge in [0, 0.05) is 61.2 Å². The number of benzene rings is 3. The number of carbonyl (C=O) groups excluding carboxylic acids is 1. The highest BCUT2D eigenvalue weighted by Crippen LogP contribution is 2.34. The number of aryl methyl sites for hydroxylation is 1. The second-order valence-corrected chi connectivity index (χ2v) is 11.7. The molecule has 2 aliphatic rings. The van der Waals surface area contributed by atoms with E-state index in [0.717, 1.165) is 61.8 Å². The van der Waals surface area contributed by atoms with Crippen LogP contribution >= 0.6 is 0 Å². The van der Waals surface area contributed by atoms with Gasteiger partial charge in [-0.2, -0.15) is 0 Å². The molecule has 1 fully saturated rings. The van der Waals surface area contributed by atoms with Crippen molar-refractivity contribution in [3.8, 4) is 0 Å². The Bertz CT molecular complexity index is 1550. The van der Waals surface area contributed by atoms with Gasteiger partial charge in [-0.3, -0.25) is 13.9 Å². The molecule has 0 radical (unpaired) electrons. The molecule has 1 aromatic heterocycles. The van der Waals surface area contributed by atoms with E-state index in [2.05, 4.69) is 58.0 Å². The lowest BCUT2D eigenvalue weighted by Crippen LogP contribution is -2.49. The van der Waals surface area contributed by atoms with Crippen LogP contribution in [0.4, 0.5) is 11.5 Å².